The number of benzene rings is 1. The van der Waals surface area contributed by atoms with Crippen LogP contribution in [0.3, 0.4) is 0 Å². The highest BCUT2D eigenvalue weighted by Crippen LogP contribution is 2.29. The zero-order valence-corrected chi connectivity index (χ0v) is 10.4. The molecular formula is C12H15F3N2O. The Bertz CT molecular complexity index is 447. The number of alkyl halides is 3. The predicted octanol–water partition coefficient (Wildman–Crippen LogP) is 2.52. The molecule has 1 rings (SSSR count). The number of carbonyl (C=O) groups excluding carboxylic acids is 1. The van der Waals surface area contributed by atoms with Crippen LogP contribution < -0.4 is 11.1 Å². The van der Waals surface area contributed by atoms with Crippen molar-refractivity contribution < 1.29 is 18.0 Å². The smallest absolute Gasteiger partial charge is 0.324 e. The Balaban J connectivity index is 2.95. The standard InChI is InChI=1S/C12H15F3N2O/c1-7-4-8(2)6-9(5-7)17-10(18)11(3,16)12(13,14)15/h4-6H,16H2,1-3H3,(H,17,18). The summed E-state index contributed by atoms with van der Waals surface area (Å²) in [5.41, 5.74) is 4.10. The number of rotatable bonds is 2. The number of carbonyl (C=O) groups is 1. The van der Waals surface area contributed by atoms with E-state index in [0.29, 0.717) is 12.6 Å². The van der Waals surface area contributed by atoms with Gasteiger partial charge in [-0.3, -0.25) is 4.79 Å². The van der Waals surface area contributed by atoms with Crippen LogP contribution in [0.4, 0.5) is 18.9 Å². The van der Waals surface area contributed by atoms with Crippen molar-refractivity contribution in [3.63, 3.8) is 0 Å². The predicted molar refractivity (Wildman–Crippen MR) is 63.2 cm³/mol. The Morgan fingerprint density at radius 1 is 1.17 bits per heavy atom. The Morgan fingerprint density at radius 3 is 2.00 bits per heavy atom. The fourth-order valence-electron chi connectivity index (χ4n) is 1.44. The lowest BCUT2D eigenvalue weighted by molar-refractivity contribution is -0.184. The molecule has 0 saturated heterocycles. The second kappa shape index (κ2) is 4.61. The summed E-state index contributed by atoms with van der Waals surface area (Å²) in [4.78, 5) is 11.5. The van der Waals surface area contributed by atoms with Crippen LogP contribution in [0, 0.1) is 13.8 Å². The first kappa shape index (κ1) is 14.5. The van der Waals surface area contributed by atoms with Crippen LogP contribution in [0.1, 0.15) is 18.1 Å². The van der Waals surface area contributed by atoms with Gasteiger partial charge in [0.2, 0.25) is 0 Å². The summed E-state index contributed by atoms with van der Waals surface area (Å²) in [6.07, 6.45) is -4.80. The summed E-state index contributed by atoms with van der Waals surface area (Å²) in [7, 11) is 0. The largest absolute Gasteiger partial charge is 0.415 e. The maximum Gasteiger partial charge on any atom is 0.415 e. The minimum atomic E-state index is -4.80. The third-order valence-corrected chi connectivity index (χ3v) is 2.54. The molecule has 0 heterocycles. The minimum absolute atomic E-state index is 0.304. The molecule has 3 N–H and O–H groups in total. The van der Waals surface area contributed by atoms with Gasteiger partial charge < -0.3 is 11.1 Å². The summed E-state index contributed by atoms with van der Waals surface area (Å²) in [5, 5.41) is 2.19. The SMILES string of the molecule is Cc1cc(C)cc(NC(=O)C(C)(N)C(F)(F)F)c1. The van der Waals surface area contributed by atoms with E-state index in [1.165, 1.54) is 0 Å². The molecule has 0 fully saturated rings. The van der Waals surface area contributed by atoms with Crippen molar-refractivity contribution in [1.29, 1.82) is 0 Å². The highest BCUT2D eigenvalue weighted by molar-refractivity contribution is 5.98. The van der Waals surface area contributed by atoms with E-state index in [1.807, 2.05) is 6.07 Å². The summed E-state index contributed by atoms with van der Waals surface area (Å²) in [6, 6.07) is 5.01. The first-order valence-corrected chi connectivity index (χ1v) is 5.29. The number of aryl methyl sites for hydroxylation is 2. The normalized spacial score (nSPS) is 15.1. The first-order chi connectivity index (χ1) is 8.04. The highest BCUT2D eigenvalue weighted by atomic mass is 19.4. The molecule has 0 saturated carbocycles. The molecule has 1 atom stereocenters. The van der Waals surface area contributed by atoms with Gasteiger partial charge in [0.25, 0.3) is 5.91 Å². The summed E-state index contributed by atoms with van der Waals surface area (Å²) < 4.78 is 37.7. The lowest BCUT2D eigenvalue weighted by Crippen LogP contribution is -2.59. The molecule has 100 valence electrons. The van der Waals surface area contributed by atoms with E-state index < -0.39 is 17.6 Å². The van der Waals surface area contributed by atoms with E-state index in [0.717, 1.165) is 11.1 Å². The zero-order chi connectivity index (χ0) is 14.1. The van der Waals surface area contributed by atoms with E-state index >= 15 is 0 Å². The number of hydrogen-bond donors (Lipinski definition) is 2. The van der Waals surface area contributed by atoms with Gasteiger partial charge in [-0.2, -0.15) is 13.2 Å². The van der Waals surface area contributed by atoms with Gasteiger partial charge >= 0.3 is 6.18 Å². The average Bonchev–Trinajstić information content (AvgIpc) is 2.13. The van der Waals surface area contributed by atoms with Gasteiger partial charge in [0.1, 0.15) is 0 Å². The molecule has 0 aliphatic rings. The van der Waals surface area contributed by atoms with Crippen molar-refractivity contribution in [2.75, 3.05) is 5.32 Å². The molecule has 3 nitrogen and oxygen atoms in total. The van der Waals surface area contributed by atoms with Crippen LogP contribution >= 0.6 is 0 Å². The van der Waals surface area contributed by atoms with Gasteiger partial charge in [-0.25, -0.2) is 0 Å². The highest BCUT2D eigenvalue weighted by Gasteiger charge is 2.53. The van der Waals surface area contributed by atoms with Crippen LogP contribution in [-0.2, 0) is 4.79 Å². The van der Waals surface area contributed by atoms with E-state index in [4.69, 9.17) is 5.73 Å². The Morgan fingerprint density at radius 2 is 1.61 bits per heavy atom. The van der Waals surface area contributed by atoms with E-state index in [9.17, 15) is 18.0 Å². The molecule has 6 heteroatoms. The molecule has 1 amide bonds. The number of anilines is 1. The summed E-state index contributed by atoms with van der Waals surface area (Å²) >= 11 is 0. The van der Waals surface area contributed by atoms with Crippen molar-refractivity contribution >= 4 is 11.6 Å². The molecule has 0 spiro atoms. The number of amides is 1. The lowest BCUT2D eigenvalue weighted by atomic mass is 10.0. The van der Waals surface area contributed by atoms with E-state index in [1.54, 1.807) is 26.0 Å². The van der Waals surface area contributed by atoms with Crippen molar-refractivity contribution in [3.8, 4) is 0 Å². The first-order valence-electron chi connectivity index (χ1n) is 5.29. The van der Waals surface area contributed by atoms with Crippen LogP contribution in [-0.4, -0.2) is 17.6 Å². The topological polar surface area (TPSA) is 55.1 Å². The molecule has 1 aromatic carbocycles. The van der Waals surface area contributed by atoms with Crippen LogP contribution in [0.15, 0.2) is 18.2 Å². The van der Waals surface area contributed by atoms with Gasteiger partial charge in [-0.05, 0) is 44.0 Å². The summed E-state index contributed by atoms with van der Waals surface area (Å²) in [6.45, 7) is 4.22. The van der Waals surface area contributed by atoms with Gasteiger partial charge in [0, 0.05) is 5.69 Å². The number of nitrogens with two attached hydrogens (primary N) is 1. The van der Waals surface area contributed by atoms with Crippen LogP contribution in [0.5, 0.6) is 0 Å². The van der Waals surface area contributed by atoms with Gasteiger partial charge in [0.15, 0.2) is 5.54 Å². The second-order valence-corrected chi connectivity index (χ2v) is 4.53. The number of hydrogen-bond acceptors (Lipinski definition) is 2. The summed E-state index contributed by atoms with van der Waals surface area (Å²) in [5.74, 6) is -1.28. The molecular weight excluding hydrogens is 245 g/mol. The van der Waals surface area contributed by atoms with E-state index in [-0.39, 0.29) is 0 Å². The Kier molecular flexibility index (Phi) is 3.71. The number of nitrogens with one attached hydrogen (secondary N) is 1. The quantitative estimate of drug-likeness (QED) is 0.858. The lowest BCUT2D eigenvalue weighted by Gasteiger charge is -2.26. The van der Waals surface area contributed by atoms with Crippen molar-refractivity contribution in [2.24, 2.45) is 5.73 Å². The molecule has 1 unspecified atom stereocenters. The molecule has 1 aromatic rings. The number of halogens is 3. The second-order valence-electron chi connectivity index (χ2n) is 4.53. The average molecular weight is 260 g/mol. The molecule has 18 heavy (non-hydrogen) atoms. The van der Waals surface area contributed by atoms with Crippen molar-refractivity contribution in [2.45, 2.75) is 32.5 Å². The molecule has 0 aromatic heterocycles. The molecule has 0 radical (unpaired) electrons. The van der Waals surface area contributed by atoms with Crippen molar-refractivity contribution in [1.82, 2.24) is 0 Å². The monoisotopic (exact) mass is 260 g/mol. The molecule has 0 aliphatic carbocycles. The maximum absolute atomic E-state index is 12.6. The zero-order valence-electron chi connectivity index (χ0n) is 10.4. The van der Waals surface area contributed by atoms with Gasteiger partial charge in [-0.15, -0.1) is 0 Å². The third-order valence-electron chi connectivity index (χ3n) is 2.54. The minimum Gasteiger partial charge on any atom is -0.324 e. The molecule has 0 aliphatic heterocycles. The molecule has 0 bridgehead atoms. The third kappa shape index (κ3) is 3.01. The van der Waals surface area contributed by atoms with Gasteiger partial charge in [0.05, 0.1) is 0 Å². The van der Waals surface area contributed by atoms with Crippen molar-refractivity contribution in [3.05, 3.63) is 29.3 Å². The van der Waals surface area contributed by atoms with Crippen LogP contribution in [0.25, 0.3) is 0 Å². The van der Waals surface area contributed by atoms with E-state index in [2.05, 4.69) is 5.32 Å². The Hall–Kier alpha value is -1.56. The van der Waals surface area contributed by atoms with Crippen LogP contribution in [0.2, 0.25) is 0 Å². The van der Waals surface area contributed by atoms with Gasteiger partial charge in [-0.1, -0.05) is 6.07 Å². The maximum atomic E-state index is 12.6. The fraction of sp³-hybridized carbons (Fsp3) is 0.417. The fourth-order valence-corrected chi connectivity index (χ4v) is 1.44. The Labute approximate surface area is 103 Å².